The summed E-state index contributed by atoms with van der Waals surface area (Å²) in [5, 5.41) is 9.63. The zero-order valence-electron chi connectivity index (χ0n) is 21.2. The maximum atomic E-state index is 13.2. The van der Waals surface area contributed by atoms with Gasteiger partial charge in [-0.15, -0.1) is 0 Å². The molecule has 2 rings (SSSR count). The van der Waals surface area contributed by atoms with E-state index in [1.807, 2.05) is 0 Å². The topological polar surface area (TPSA) is 63.6 Å². The molecule has 0 aromatic rings. The highest BCUT2D eigenvalue weighted by atomic mass is 16.5. The van der Waals surface area contributed by atoms with Crippen LogP contribution in [0.15, 0.2) is 0 Å². The maximum absolute atomic E-state index is 13.2. The summed E-state index contributed by atoms with van der Waals surface area (Å²) in [6, 6.07) is 0. The first-order chi connectivity index (χ1) is 14.4. The van der Waals surface area contributed by atoms with E-state index >= 15 is 0 Å². The molecule has 1 N–H and O–H groups in total. The van der Waals surface area contributed by atoms with Gasteiger partial charge in [-0.25, -0.2) is 0 Å². The van der Waals surface area contributed by atoms with Crippen LogP contribution in [0.2, 0.25) is 0 Å². The normalized spacial score (nSPS) is 34.0. The van der Waals surface area contributed by atoms with Gasteiger partial charge in [0.15, 0.2) is 0 Å². The van der Waals surface area contributed by atoms with E-state index in [1.165, 1.54) is 12.8 Å². The summed E-state index contributed by atoms with van der Waals surface area (Å²) < 4.78 is 6.26. The molecular formula is C27H48O4. The first-order valence-corrected chi connectivity index (χ1v) is 12.8. The maximum Gasteiger partial charge on any atom is 0.310 e. The summed E-state index contributed by atoms with van der Waals surface area (Å²) in [4.78, 5) is 25.0. The van der Waals surface area contributed by atoms with Gasteiger partial charge in [-0.1, -0.05) is 61.3 Å². The second kappa shape index (κ2) is 11.2. The Morgan fingerprint density at radius 2 is 1.52 bits per heavy atom. The van der Waals surface area contributed by atoms with Crippen molar-refractivity contribution in [2.24, 2.45) is 46.8 Å². The van der Waals surface area contributed by atoms with Crippen LogP contribution in [0.1, 0.15) is 106 Å². The third-order valence-electron chi connectivity index (χ3n) is 7.85. The fraction of sp³-hybridized carbons (Fsp3) is 0.926. The van der Waals surface area contributed by atoms with E-state index in [4.69, 9.17) is 4.74 Å². The highest BCUT2D eigenvalue weighted by Gasteiger charge is 2.42. The number of carbonyl (C=O) groups excluding carboxylic acids is 1. The minimum absolute atomic E-state index is 0.0937. The van der Waals surface area contributed by atoms with Crippen molar-refractivity contribution < 1.29 is 19.4 Å². The molecule has 180 valence electrons. The molecule has 0 spiro atoms. The Bertz CT molecular complexity index is 581. The van der Waals surface area contributed by atoms with Crippen molar-refractivity contribution in [2.45, 2.75) is 112 Å². The Balaban J connectivity index is 2.14. The molecule has 0 radical (unpaired) electrons. The van der Waals surface area contributed by atoms with Crippen molar-refractivity contribution in [1.82, 2.24) is 0 Å². The molecule has 0 aromatic heterocycles. The number of carboxylic acids is 1. The van der Waals surface area contributed by atoms with Crippen LogP contribution in [-0.4, -0.2) is 23.1 Å². The van der Waals surface area contributed by atoms with Crippen LogP contribution in [0, 0.1) is 46.8 Å². The molecule has 0 bridgehead atoms. The molecule has 0 saturated heterocycles. The Labute approximate surface area is 190 Å². The van der Waals surface area contributed by atoms with Crippen molar-refractivity contribution in [3.63, 3.8) is 0 Å². The largest absolute Gasteiger partial charge is 0.481 e. The quantitative estimate of drug-likeness (QED) is 0.418. The fourth-order valence-corrected chi connectivity index (χ4v) is 6.84. The molecule has 2 saturated carbocycles. The Morgan fingerprint density at radius 3 is 2.03 bits per heavy atom. The van der Waals surface area contributed by atoms with Gasteiger partial charge in [0, 0.05) is 5.92 Å². The molecule has 4 nitrogen and oxygen atoms in total. The van der Waals surface area contributed by atoms with Gasteiger partial charge in [0.05, 0.1) is 11.8 Å². The molecule has 0 heterocycles. The van der Waals surface area contributed by atoms with Crippen LogP contribution in [0.3, 0.4) is 0 Å². The molecule has 0 amide bonds. The molecule has 6 unspecified atom stereocenters. The number of ether oxygens (including phenoxy) is 1. The third-order valence-corrected chi connectivity index (χ3v) is 7.85. The minimum Gasteiger partial charge on any atom is -0.481 e. The van der Waals surface area contributed by atoms with Crippen LogP contribution in [0.25, 0.3) is 0 Å². The molecule has 2 fully saturated rings. The van der Waals surface area contributed by atoms with Crippen molar-refractivity contribution in [3.8, 4) is 0 Å². The van der Waals surface area contributed by atoms with E-state index in [-0.39, 0.29) is 12.1 Å². The summed E-state index contributed by atoms with van der Waals surface area (Å²) in [5.41, 5.74) is 0.295. The molecule has 0 aromatic carbocycles. The SMILES string of the molecule is CC1CC(C)C(C(CCC(C)CC(C)(C)C)OC(=O)C2CCCCC2C(=O)O)C(C)C1. The second-order valence-electron chi connectivity index (χ2n) is 12.4. The van der Waals surface area contributed by atoms with Gasteiger partial charge in [-0.3, -0.25) is 9.59 Å². The average Bonchev–Trinajstić information content (AvgIpc) is 2.63. The van der Waals surface area contributed by atoms with Crippen LogP contribution in [0.5, 0.6) is 0 Å². The molecule has 6 atom stereocenters. The lowest BCUT2D eigenvalue weighted by Gasteiger charge is -2.43. The molecule has 2 aliphatic carbocycles. The first-order valence-electron chi connectivity index (χ1n) is 12.8. The fourth-order valence-electron chi connectivity index (χ4n) is 6.84. The molecule has 4 heteroatoms. The number of aliphatic carboxylic acids is 1. The van der Waals surface area contributed by atoms with Crippen molar-refractivity contribution in [2.75, 3.05) is 0 Å². The third kappa shape index (κ3) is 7.79. The Hall–Kier alpha value is -1.06. The molecular weight excluding hydrogens is 388 g/mol. The second-order valence-corrected chi connectivity index (χ2v) is 12.4. The summed E-state index contributed by atoms with van der Waals surface area (Å²) >= 11 is 0. The van der Waals surface area contributed by atoms with E-state index in [0.29, 0.717) is 47.8 Å². The van der Waals surface area contributed by atoms with E-state index < -0.39 is 17.8 Å². The Morgan fingerprint density at radius 1 is 0.968 bits per heavy atom. The van der Waals surface area contributed by atoms with E-state index in [9.17, 15) is 14.7 Å². The van der Waals surface area contributed by atoms with Gasteiger partial charge >= 0.3 is 11.9 Å². The van der Waals surface area contributed by atoms with Gasteiger partial charge < -0.3 is 9.84 Å². The van der Waals surface area contributed by atoms with Crippen LogP contribution >= 0.6 is 0 Å². The lowest BCUT2D eigenvalue weighted by Crippen LogP contribution is -2.42. The summed E-state index contributed by atoms with van der Waals surface area (Å²) in [6.45, 7) is 16.1. The lowest BCUT2D eigenvalue weighted by molar-refractivity contribution is -0.169. The van der Waals surface area contributed by atoms with Crippen molar-refractivity contribution in [1.29, 1.82) is 0 Å². The van der Waals surface area contributed by atoms with Crippen LogP contribution < -0.4 is 0 Å². The molecule has 31 heavy (non-hydrogen) atoms. The van der Waals surface area contributed by atoms with Crippen molar-refractivity contribution >= 4 is 11.9 Å². The summed E-state index contributed by atoms with van der Waals surface area (Å²) in [7, 11) is 0. The van der Waals surface area contributed by atoms with Gasteiger partial charge in [0.1, 0.15) is 6.10 Å². The molecule has 0 aliphatic heterocycles. The van der Waals surface area contributed by atoms with E-state index in [1.54, 1.807) is 0 Å². The van der Waals surface area contributed by atoms with E-state index in [2.05, 4.69) is 48.5 Å². The van der Waals surface area contributed by atoms with Crippen LogP contribution in [-0.2, 0) is 14.3 Å². The standard InChI is InChI=1S/C27H48O4/c1-17(16-27(5,6)7)12-13-23(24-19(3)14-18(2)15-20(24)4)31-26(30)22-11-9-8-10-21(22)25(28)29/h17-24H,8-16H2,1-7H3,(H,28,29). The van der Waals surface area contributed by atoms with Gasteiger partial charge in [0.2, 0.25) is 0 Å². The number of hydrogen-bond donors (Lipinski definition) is 1. The number of hydrogen-bond acceptors (Lipinski definition) is 3. The lowest BCUT2D eigenvalue weighted by atomic mass is 9.66. The first kappa shape index (κ1) is 26.2. The average molecular weight is 437 g/mol. The predicted octanol–water partition coefficient (Wildman–Crippen LogP) is 6.96. The number of esters is 1. The predicted molar refractivity (Wildman–Crippen MR) is 126 cm³/mol. The highest BCUT2D eigenvalue weighted by molar-refractivity contribution is 5.81. The zero-order valence-corrected chi connectivity index (χ0v) is 21.2. The number of carbonyl (C=O) groups is 2. The highest BCUT2D eigenvalue weighted by Crippen LogP contribution is 2.43. The number of rotatable bonds is 8. The van der Waals surface area contributed by atoms with Gasteiger partial charge in [0.25, 0.3) is 0 Å². The van der Waals surface area contributed by atoms with Gasteiger partial charge in [-0.2, -0.15) is 0 Å². The van der Waals surface area contributed by atoms with Crippen molar-refractivity contribution in [3.05, 3.63) is 0 Å². The van der Waals surface area contributed by atoms with Gasteiger partial charge in [-0.05, 0) is 74.0 Å². The summed E-state index contributed by atoms with van der Waals surface area (Å²) in [5.74, 6) is 0.560. The monoisotopic (exact) mass is 436 g/mol. The Kier molecular flexibility index (Phi) is 9.45. The minimum atomic E-state index is -0.842. The van der Waals surface area contributed by atoms with E-state index in [0.717, 1.165) is 32.1 Å². The molecule has 2 aliphatic rings. The zero-order chi connectivity index (χ0) is 23.3. The van der Waals surface area contributed by atoms with Crippen LogP contribution in [0.4, 0.5) is 0 Å². The smallest absolute Gasteiger partial charge is 0.310 e. The summed E-state index contributed by atoms with van der Waals surface area (Å²) in [6.07, 6.45) is 8.42. The number of carboxylic acid groups (broad SMARTS) is 1.